The van der Waals surface area contributed by atoms with Crippen molar-refractivity contribution in [3.8, 4) is 11.5 Å². The van der Waals surface area contributed by atoms with Crippen LogP contribution in [0.15, 0.2) is 42.5 Å². The molecule has 1 atom stereocenters. The van der Waals surface area contributed by atoms with E-state index in [1.807, 2.05) is 18.2 Å². The molecule has 0 radical (unpaired) electrons. The van der Waals surface area contributed by atoms with Crippen molar-refractivity contribution in [2.75, 3.05) is 31.8 Å². The highest BCUT2D eigenvalue weighted by atomic mass is 32.1. The molecule has 9 nitrogen and oxygen atoms in total. The van der Waals surface area contributed by atoms with Gasteiger partial charge in [-0.05, 0) is 18.2 Å². The molecule has 0 fully saturated rings. The molecule has 0 aliphatic carbocycles. The minimum atomic E-state index is -0.592. The van der Waals surface area contributed by atoms with Crippen LogP contribution in [-0.4, -0.2) is 42.6 Å². The summed E-state index contributed by atoms with van der Waals surface area (Å²) in [5, 5.41) is 3.14. The lowest BCUT2D eigenvalue weighted by Crippen LogP contribution is -2.42. The molecule has 0 saturated heterocycles. The highest BCUT2D eigenvalue weighted by Crippen LogP contribution is 2.41. The number of nitrogens with one attached hydrogen (secondary N) is 1. The van der Waals surface area contributed by atoms with Gasteiger partial charge in [-0.2, -0.15) is 0 Å². The monoisotopic (exact) mass is 453 g/mol. The zero-order valence-electron chi connectivity index (χ0n) is 17.6. The molecule has 0 saturated carbocycles. The van der Waals surface area contributed by atoms with Crippen LogP contribution < -0.4 is 26.3 Å². The summed E-state index contributed by atoms with van der Waals surface area (Å²) in [5.74, 6) is 0.473. The first-order valence-electron chi connectivity index (χ1n) is 9.86. The fourth-order valence-corrected chi connectivity index (χ4v) is 4.85. The van der Waals surface area contributed by atoms with Gasteiger partial charge in [-0.25, -0.2) is 9.78 Å². The largest absolute Gasteiger partial charge is 0.493 e. The number of amides is 3. The van der Waals surface area contributed by atoms with Gasteiger partial charge in [0.05, 0.1) is 30.8 Å². The molecule has 1 aliphatic heterocycles. The van der Waals surface area contributed by atoms with Gasteiger partial charge in [0.15, 0.2) is 16.5 Å². The summed E-state index contributed by atoms with van der Waals surface area (Å²) in [5.41, 5.74) is 14.3. The van der Waals surface area contributed by atoms with Crippen LogP contribution in [0, 0.1) is 0 Å². The second-order valence-corrected chi connectivity index (χ2v) is 8.20. The lowest BCUT2D eigenvalue weighted by molar-refractivity contribution is 0.0999. The summed E-state index contributed by atoms with van der Waals surface area (Å²) in [4.78, 5) is 32.0. The van der Waals surface area contributed by atoms with E-state index < -0.39 is 11.9 Å². The van der Waals surface area contributed by atoms with Crippen LogP contribution in [-0.2, 0) is 6.42 Å². The van der Waals surface area contributed by atoms with Gasteiger partial charge >= 0.3 is 6.03 Å². The summed E-state index contributed by atoms with van der Waals surface area (Å²) >= 11 is 1.19. The standard InChI is InChI=1S/C22H23N5O4S/c1-30-16-8-7-12(11-17(16)31-2)25-22(29)27-10-9-15-19(32-21(26-15)20(24)28)18(27)13-5-3-4-6-14(13)23/h3-8,11,18H,9-10,23H2,1-2H3,(H2,24,28)(H,25,29). The molecule has 10 heteroatoms. The summed E-state index contributed by atoms with van der Waals surface area (Å²) < 4.78 is 10.6. The minimum Gasteiger partial charge on any atom is -0.493 e. The van der Waals surface area contributed by atoms with Gasteiger partial charge in [0.25, 0.3) is 5.91 Å². The third-order valence-corrected chi connectivity index (χ3v) is 6.44. The number of carbonyl (C=O) groups excluding carboxylic acids is 2. The molecule has 2 aromatic carbocycles. The molecule has 3 aromatic rings. The van der Waals surface area contributed by atoms with Gasteiger partial charge in [0.2, 0.25) is 0 Å². The maximum absolute atomic E-state index is 13.4. The van der Waals surface area contributed by atoms with E-state index >= 15 is 0 Å². The van der Waals surface area contributed by atoms with Crippen molar-refractivity contribution in [3.05, 3.63) is 63.6 Å². The van der Waals surface area contributed by atoms with E-state index in [0.29, 0.717) is 35.8 Å². The lowest BCUT2D eigenvalue weighted by Gasteiger charge is -2.35. The molecule has 1 aliphatic rings. The van der Waals surface area contributed by atoms with Crippen molar-refractivity contribution in [3.63, 3.8) is 0 Å². The molecule has 5 N–H and O–H groups in total. The lowest BCUT2D eigenvalue weighted by atomic mass is 9.96. The van der Waals surface area contributed by atoms with Crippen molar-refractivity contribution >= 4 is 34.6 Å². The van der Waals surface area contributed by atoms with Gasteiger partial charge in [0.1, 0.15) is 0 Å². The number of para-hydroxylation sites is 1. The molecule has 32 heavy (non-hydrogen) atoms. The number of primary amides is 1. The third-order valence-electron chi connectivity index (χ3n) is 5.27. The minimum absolute atomic E-state index is 0.219. The third kappa shape index (κ3) is 3.92. The van der Waals surface area contributed by atoms with Crippen molar-refractivity contribution < 1.29 is 19.1 Å². The van der Waals surface area contributed by atoms with Crippen molar-refractivity contribution in [2.24, 2.45) is 5.73 Å². The molecular weight excluding hydrogens is 430 g/mol. The first-order chi connectivity index (χ1) is 15.4. The SMILES string of the molecule is COc1ccc(NC(=O)N2CCc3nc(C(N)=O)sc3C2c2ccccc2N)cc1OC. The molecule has 166 valence electrons. The number of hydrogen-bond donors (Lipinski definition) is 3. The number of nitrogens with two attached hydrogens (primary N) is 2. The molecule has 1 aromatic heterocycles. The molecule has 0 bridgehead atoms. The summed E-state index contributed by atoms with van der Waals surface area (Å²) in [6, 6.07) is 11.7. The Hall–Kier alpha value is -3.79. The van der Waals surface area contributed by atoms with Gasteiger partial charge in [-0.3, -0.25) is 4.79 Å². The quantitative estimate of drug-likeness (QED) is 0.509. The number of nitrogens with zero attached hydrogens (tertiary/aromatic N) is 2. The predicted molar refractivity (Wildman–Crippen MR) is 122 cm³/mol. The first kappa shape index (κ1) is 21.4. The predicted octanol–water partition coefficient (Wildman–Crippen LogP) is 3.02. The summed E-state index contributed by atoms with van der Waals surface area (Å²) in [6.45, 7) is 0.396. The average molecular weight is 454 g/mol. The van der Waals surface area contributed by atoms with E-state index in [-0.39, 0.29) is 11.0 Å². The van der Waals surface area contributed by atoms with E-state index in [9.17, 15) is 9.59 Å². The number of hydrogen-bond acceptors (Lipinski definition) is 7. The average Bonchev–Trinajstić information content (AvgIpc) is 3.23. The molecule has 4 rings (SSSR count). The number of benzene rings is 2. The van der Waals surface area contributed by atoms with Gasteiger partial charge in [-0.15, -0.1) is 11.3 Å². The number of rotatable bonds is 5. The van der Waals surface area contributed by atoms with Crippen LogP contribution in [0.5, 0.6) is 11.5 Å². The second-order valence-electron chi connectivity index (χ2n) is 7.17. The molecule has 3 amide bonds. The summed E-state index contributed by atoms with van der Waals surface area (Å²) in [7, 11) is 3.08. The number of ether oxygens (including phenoxy) is 2. The Morgan fingerprint density at radius 3 is 2.59 bits per heavy atom. The Morgan fingerprint density at radius 1 is 1.16 bits per heavy atom. The van der Waals surface area contributed by atoms with Gasteiger partial charge in [0, 0.05) is 36.0 Å². The van der Waals surface area contributed by atoms with Crippen LogP contribution in [0.4, 0.5) is 16.2 Å². The highest BCUT2D eigenvalue weighted by Gasteiger charge is 2.36. The second kappa shape index (κ2) is 8.75. The zero-order chi connectivity index (χ0) is 22.8. The Labute approximate surface area is 188 Å². The molecule has 0 spiro atoms. The van der Waals surface area contributed by atoms with Crippen LogP contribution in [0.25, 0.3) is 0 Å². The highest BCUT2D eigenvalue weighted by molar-refractivity contribution is 7.13. The van der Waals surface area contributed by atoms with E-state index in [1.54, 1.807) is 36.3 Å². The molecule has 2 heterocycles. The van der Waals surface area contributed by atoms with Gasteiger partial charge < -0.3 is 31.2 Å². The van der Waals surface area contributed by atoms with Crippen LogP contribution in [0.2, 0.25) is 0 Å². The molecule has 1 unspecified atom stereocenters. The van der Waals surface area contributed by atoms with E-state index in [2.05, 4.69) is 10.3 Å². The Kier molecular flexibility index (Phi) is 5.87. The first-order valence-corrected chi connectivity index (χ1v) is 10.7. The van der Waals surface area contributed by atoms with Crippen LogP contribution in [0.3, 0.4) is 0 Å². The van der Waals surface area contributed by atoms with Crippen LogP contribution >= 0.6 is 11.3 Å². The molecular formula is C22H23N5O4S. The smallest absolute Gasteiger partial charge is 0.322 e. The number of urea groups is 1. The fraction of sp³-hybridized carbons (Fsp3) is 0.227. The fourth-order valence-electron chi connectivity index (χ4n) is 3.76. The summed E-state index contributed by atoms with van der Waals surface area (Å²) in [6.07, 6.45) is 0.502. The van der Waals surface area contributed by atoms with Crippen LogP contribution in [0.1, 0.15) is 32.0 Å². The topological polar surface area (TPSA) is 133 Å². The van der Waals surface area contributed by atoms with Gasteiger partial charge in [-0.1, -0.05) is 18.2 Å². The maximum Gasteiger partial charge on any atom is 0.322 e. The Morgan fingerprint density at radius 2 is 1.91 bits per heavy atom. The number of fused-ring (bicyclic) bond motifs is 1. The van der Waals surface area contributed by atoms with Crippen molar-refractivity contribution in [1.29, 1.82) is 0 Å². The van der Waals surface area contributed by atoms with E-state index in [0.717, 1.165) is 16.1 Å². The number of aromatic nitrogens is 1. The Balaban J connectivity index is 1.71. The number of carbonyl (C=O) groups is 2. The van der Waals surface area contributed by atoms with E-state index in [1.165, 1.54) is 18.4 Å². The number of anilines is 2. The maximum atomic E-state index is 13.4. The van der Waals surface area contributed by atoms with E-state index in [4.69, 9.17) is 20.9 Å². The number of nitrogen functional groups attached to an aromatic ring is 1. The zero-order valence-corrected chi connectivity index (χ0v) is 18.4. The Bertz CT molecular complexity index is 1180. The van der Waals surface area contributed by atoms with Crippen molar-refractivity contribution in [2.45, 2.75) is 12.5 Å². The number of thiazole rings is 1. The normalized spacial score (nSPS) is 15.1. The number of methoxy groups -OCH3 is 2. The van der Waals surface area contributed by atoms with Crippen molar-refractivity contribution in [1.82, 2.24) is 9.88 Å².